The topological polar surface area (TPSA) is 125 Å². The molecule has 0 spiro atoms. The summed E-state index contributed by atoms with van der Waals surface area (Å²) in [5, 5.41) is 14.0. The highest BCUT2D eigenvalue weighted by atomic mass is 32.2. The minimum atomic E-state index is -3.24. The van der Waals surface area contributed by atoms with Gasteiger partial charge in [-0.3, -0.25) is 4.79 Å². The Morgan fingerprint density at radius 2 is 1.76 bits per heavy atom. The summed E-state index contributed by atoms with van der Waals surface area (Å²) in [6, 6.07) is -0.446. The normalized spacial score (nSPS) is 14.2. The van der Waals surface area contributed by atoms with E-state index in [1.54, 1.807) is 6.92 Å². The molecule has 0 bridgehead atoms. The third-order valence-corrected chi connectivity index (χ3v) is 3.58. The van der Waals surface area contributed by atoms with Gasteiger partial charge in [-0.05, 0) is 19.8 Å². The minimum Gasteiger partial charge on any atom is -0.481 e. The maximum absolute atomic E-state index is 11.5. The first-order valence-corrected chi connectivity index (χ1v) is 8.72. The number of amides is 2. The van der Waals surface area contributed by atoms with Crippen molar-refractivity contribution in [3.63, 3.8) is 0 Å². The number of sulfonamides is 1. The summed E-state index contributed by atoms with van der Waals surface area (Å²) >= 11 is 0. The lowest BCUT2D eigenvalue weighted by atomic mass is 10.0. The molecule has 0 heterocycles. The van der Waals surface area contributed by atoms with E-state index in [9.17, 15) is 18.0 Å². The first-order valence-electron chi connectivity index (χ1n) is 6.83. The zero-order chi connectivity index (χ0) is 16.5. The van der Waals surface area contributed by atoms with Gasteiger partial charge >= 0.3 is 12.0 Å². The molecule has 0 saturated heterocycles. The Labute approximate surface area is 125 Å². The van der Waals surface area contributed by atoms with Gasteiger partial charge in [-0.2, -0.15) is 0 Å². The van der Waals surface area contributed by atoms with E-state index in [-0.39, 0.29) is 31.1 Å². The monoisotopic (exact) mass is 323 g/mol. The van der Waals surface area contributed by atoms with Crippen molar-refractivity contribution < 1.29 is 23.1 Å². The first-order chi connectivity index (χ1) is 9.61. The van der Waals surface area contributed by atoms with Crippen molar-refractivity contribution in [2.24, 2.45) is 5.92 Å². The number of carbonyl (C=O) groups excluding carboxylic acids is 1. The Balaban J connectivity index is 3.72. The maximum atomic E-state index is 11.5. The quantitative estimate of drug-likeness (QED) is 0.425. The second kappa shape index (κ2) is 9.56. The van der Waals surface area contributed by atoms with Gasteiger partial charge < -0.3 is 15.7 Å². The van der Waals surface area contributed by atoms with Gasteiger partial charge in [-0.1, -0.05) is 13.3 Å². The van der Waals surface area contributed by atoms with Crippen LogP contribution in [-0.4, -0.2) is 50.9 Å². The van der Waals surface area contributed by atoms with Crippen LogP contribution in [-0.2, 0) is 14.8 Å². The van der Waals surface area contributed by atoms with Gasteiger partial charge in [0.2, 0.25) is 10.0 Å². The average Bonchev–Trinajstić information content (AvgIpc) is 2.33. The number of hydrogen-bond acceptors (Lipinski definition) is 4. The predicted octanol–water partition coefficient (Wildman–Crippen LogP) is 0.114. The summed E-state index contributed by atoms with van der Waals surface area (Å²) in [4.78, 5) is 22.1. The highest BCUT2D eigenvalue weighted by Gasteiger charge is 2.12. The number of aliphatic carboxylic acids is 1. The van der Waals surface area contributed by atoms with Crippen LogP contribution in [0.15, 0.2) is 0 Å². The van der Waals surface area contributed by atoms with Gasteiger partial charge in [-0.25, -0.2) is 17.9 Å². The Hall–Kier alpha value is -1.35. The van der Waals surface area contributed by atoms with Gasteiger partial charge in [0.25, 0.3) is 0 Å². The van der Waals surface area contributed by atoms with E-state index in [0.717, 1.165) is 6.26 Å². The van der Waals surface area contributed by atoms with Crippen LogP contribution in [0.3, 0.4) is 0 Å². The fraction of sp³-hybridized carbons (Fsp3) is 0.833. The molecule has 0 aliphatic heterocycles. The molecule has 2 amide bonds. The molecule has 21 heavy (non-hydrogen) atoms. The first kappa shape index (κ1) is 19.7. The van der Waals surface area contributed by atoms with Crippen LogP contribution in [0.2, 0.25) is 0 Å². The standard InChI is InChI=1S/C12H25N3O5S/c1-9(11(16)17)5-4-6-10(2)15-12(18)13-7-8-14-21(3,19)20/h9-10,14H,4-8H2,1-3H3,(H,16,17)(H2,13,15,18). The summed E-state index contributed by atoms with van der Waals surface area (Å²) in [5.74, 6) is -1.19. The molecule has 2 atom stereocenters. The SMILES string of the molecule is CC(CCCC(C)C(=O)O)NC(=O)NCCNS(C)(=O)=O. The molecule has 124 valence electrons. The molecule has 8 nitrogen and oxygen atoms in total. The third kappa shape index (κ3) is 12.1. The van der Waals surface area contributed by atoms with Crippen molar-refractivity contribution >= 4 is 22.0 Å². The number of rotatable bonds is 10. The molecule has 0 aromatic rings. The van der Waals surface area contributed by atoms with Gasteiger partial charge in [0.05, 0.1) is 12.2 Å². The molecule has 9 heteroatoms. The molecule has 0 aliphatic carbocycles. The second-order valence-corrected chi connectivity index (χ2v) is 6.97. The number of carboxylic acids is 1. The summed E-state index contributed by atoms with van der Waals surface area (Å²) in [6.45, 7) is 3.82. The van der Waals surface area contributed by atoms with Crippen molar-refractivity contribution in [2.45, 2.75) is 39.2 Å². The van der Waals surface area contributed by atoms with Crippen molar-refractivity contribution in [3.8, 4) is 0 Å². The van der Waals surface area contributed by atoms with Crippen LogP contribution in [0.25, 0.3) is 0 Å². The largest absolute Gasteiger partial charge is 0.481 e. The molecule has 0 aromatic heterocycles. The van der Waals surface area contributed by atoms with Crippen LogP contribution in [0.4, 0.5) is 4.79 Å². The summed E-state index contributed by atoms with van der Waals surface area (Å²) in [7, 11) is -3.24. The summed E-state index contributed by atoms with van der Waals surface area (Å²) < 4.78 is 23.8. The van der Waals surface area contributed by atoms with Gasteiger partial charge in [0.1, 0.15) is 0 Å². The predicted molar refractivity (Wildman–Crippen MR) is 79.5 cm³/mol. The number of carboxylic acid groups (broad SMARTS) is 1. The van der Waals surface area contributed by atoms with E-state index in [0.29, 0.717) is 19.3 Å². The fourth-order valence-corrected chi connectivity index (χ4v) is 2.09. The van der Waals surface area contributed by atoms with E-state index in [1.165, 1.54) is 0 Å². The molecule has 2 unspecified atom stereocenters. The van der Waals surface area contributed by atoms with E-state index in [2.05, 4.69) is 15.4 Å². The molecular formula is C12H25N3O5S. The molecule has 4 N–H and O–H groups in total. The van der Waals surface area contributed by atoms with Crippen LogP contribution < -0.4 is 15.4 Å². The van der Waals surface area contributed by atoms with E-state index in [4.69, 9.17) is 5.11 Å². The van der Waals surface area contributed by atoms with Crippen LogP contribution in [0.1, 0.15) is 33.1 Å². The van der Waals surface area contributed by atoms with Crippen molar-refractivity contribution in [1.82, 2.24) is 15.4 Å². The Morgan fingerprint density at radius 1 is 1.14 bits per heavy atom. The lowest BCUT2D eigenvalue weighted by Crippen LogP contribution is -2.43. The van der Waals surface area contributed by atoms with E-state index < -0.39 is 16.0 Å². The summed E-state index contributed by atoms with van der Waals surface area (Å²) in [5.41, 5.74) is 0. The molecular weight excluding hydrogens is 298 g/mol. The molecule has 0 saturated carbocycles. The molecule has 0 fully saturated rings. The number of urea groups is 1. The van der Waals surface area contributed by atoms with Crippen LogP contribution >= 0.6 is 0 Å². The van der Waals surface area contributed by atoms with Crippen molar-refractivity contribution in [1.29, 1.82) is 0 Å². The maximum Gasteiger partial charge on any atom is 0.315 e. The number of carbonyl (C=O) groups is 2. The van der Waals surface area contributed by atoms with Crippen molar-refractivity contribution in [3.05, 3.63) is 0 Å². The molecule has 0 rings (SSSR count). The number of hydrogen-bond donors (Lipinski definition) is 4. The fourth-order valence-electron chi connectivity index (χ4n) is 1.61. The van der Waals surface area contributed by atoms with Gasteiger partial charge in [-0.15, -0.1) is 0 Å². The van der Waals surface area contributed by atoms with E-state index >= 15 is 0 Å². The van der Waals surface area contributed by atoms with Crippen LogP contribution in [0, 0.1) is 5.92 Å². The lowest BCUT2D eigenvalue weighted by Gasteiger charge is -2.15. The smallest absolute Gasteiger partial charge is 0.315 e. The average molecular weight is 323 g/mol. The minimum absolute atomic E-state index is 0.0751. The van der Waals surface area contributed by atoms with E-state index in [1.807, 2.05) is 6.92 Å². The highest BCUT2D eigenvalue weighted by Crippen LogP contribution is 2.09. The Morgan fingerprint density at radius 3 is 2.29 bits per heavy atom. The Bertz CT molecular complexity index is 438. The summed E-state index contributed by atoms with van der Waals surface area (Å²) in [6.07, 6.45) is 3.02. The van der Waals surface area contributed by atoms with Gasteiger partial charge in [0, 0.05) is 19.1 Å². The number of nitrogens with one attached hydrogen (secondary N) is 3. The molecule has 0 radical (unpaired) electrons. The highest BCUT2D eigenvalue weighted by molar-refractivity contribution is 7.88. The molecule has 0 aromatic carbocycles. The molecule has 0 aliphatic rings. The zero-order valence-electron chi connectivity index (χ0n) is 12.7. The third-order valence-electron chi connectivity index (χ3n) is 2.85. The lowest BCUT2D eigenvalue weighted by molar-refractivity contribution is -0.141. The van der Waals surface area contributed by atoms with Crippen LogP contribution in [0.5, 0.6) is 0 Å². The van der Waals surface area contributed by atoms with Crippen molar-refractivity contribution in [2.75, 3.05) is 19.3 Å². The van der Waals surface area contributed by atoms with Gasteiger partial charge in [0.15, 0.2) is 0 Å². The zero-order valence-corrected chi connectivity index (χ0v) is 13.5. The second-order valence-electron chi connectivity index (χ2n) is 5.14. The Kier molecular flexibility index (Phi) is 8.95.